The van der Waals surface area contributed by atoms with E-state index < -0.39 is 5.41 Å². The zero-order valence-corrected chi connectivity index (χ0v) is 8.92. The van der Waals surface area contributed by atoms with E-state index in [-0.39, 0.29) is 13.2 Å². The lowest BCUT2D eigenvalue weighted by atomic mass is 9.89. The molecule has 0 rings (SSSR count). The van der Waals surface area contributed by atoms with Gasteiger partial charge < -0.3 is 14.9 Å². The van der Waals surface area contributed by atoms with Crippen LogP contribution < -0.4 is 0 Å². The molecule has 0 saturated carbocycles. The average Bonchev–Trinajstić information content (AvgIpc) is 2.12. The van der Waals surface area contributed by atoms with Gasteiger partial charge in [0, 0.05) is 18.6 Å². The summed E-state index contributed by atoms with van der Waals surface area (Å²) in [5.74, 6) is 0.537. The van der Waals surface area contributed by atoms with E-state index in [1.807, 2.05) is 6.92 Å². The van der Waals surface area contributed by atoms with Gasteiger partial charge in [-0.2, -0.15) is 0 Å². The summed E-state index contributed by atoms with van der Waals surface area (Å²) >= 11 is 0. The molecule has 0 atom stereocenters. The number of aliphatic hydroxyl groups is 2. The van der Waals surface area contributed by atoms with Crippen LogP contribution in [-0.4, -0.2) is 36.6 Å². The Balaban J connectivity index is 3.50. The van der Waals surface area contributed by atoms with Crippen molar-refractivity contribution in [2.75, 3.05) is 26.4 Å². The highest BCUT2D eigenvalue weighted by atomic mass is 16.5. The van der Waals surface area contributed by atoms with E-state index in [2.05, 4.69) is 13.8 Å². The molecule has 0 heterocycles. The van der Waals surface area contributed by atoms with Crippen LogP contribution in [0.1, 0.15) is 27.2 Å². The first-order chi connectivity index (χ1) is 6.04. The highest BCUT2D eigenvalue weighted by molar-refractivity contribution is 4.71. The van der Waals surface area contributed by atoms with E-state index in [1.165, 1.54) is 0 Å². The molecular formula is C10H22O3. The normalized spacial score (nSPS) is 12.5. The van der Waals surface area contributed by atoms with Gasteiger partial charge in [-0.1, -0.05) is 20.8 Å². The molecule has 0 bridgehead atoms. The zero-order valence-electron chi connectivity index (χ0n) is 8.92. The van der Waals surface area contributed by atoms with Gasteiger partial charge in [-0.05, 0) is 12.3 Å². The maximum absolute atomic E-state index is 8.98. The Bertz CT molecular complexity index is 119. The van der Waals surface area contributed by atoms with Crippen molar-refractivity contribution in [2.45, 2.75) is 27.2 Å². The van der Waals surface area contributed by atoms with Crippen molar-refractivity contribution < 1.29 is 14.9 Å². The van der Waals surface area contributed by atoms with Crippen molar-refractivity contribution in [3.05, 3.63) is 0 Å². The maximum Gasteiger partial charge on any atom is 0.0507 e. The van der Waals surface area contributed by atoms with Crippen LogP contribution >= 0.6 is 0 Å². The van der Waals surface area contributed by atoms with Crippen molar-refractivity contribution >= 4 is 0 Å². The number of ether oxygens (including phenoxy) is 1. The second kappa shape index (κ2) is 6.35. The van der Waals surface area contributed by atoms with Crippen LogP contribution in [0.2, 0.25) is 0 Å². The van der Waals surface area contributed by atoms with Crippen molar-refractivity contribution in [1.82, 2.24) is 0 Å². The molecule has 80 valence electrons. The predicted molar refractivity (Wildman–Crippen MR) is 52.6 cm³/mol. The minimum absolute atomic E-state index is 0.00847. The summed E-state index contributed by atoms with van der Waals surface area (Å²) in [6, 6.07) is 0. The quantitative estimate of drug-likeness (QED) is 0.590. The Morgan fingerprint density at radius 2 is 1.77 bits per heavy atom. The van der Waals surface area contributed by atoms with Crippen LogP contribution in [-0.2, 0) is 4.74 Å². The average molecular weight is 190 g/mol. The first-order valence-corrected chi connectivity index (χ1v) is 4.83. The predicted octanol–water partition coefficient (Wildman–Crippen LogP) is 1.04. The molecule has 0 aliphatic heterocycles. The maximum atomic E-state index is 8.98. The Labute approximate surface area is 80.7 Å². The first-order valence-electron chi connectivity index (χ1n) is 4.83. The molecule has 0 spiro atoms. The monoisotopic (exact) mass is 190 g/mol. The molecule has 0 aromatic rings. The van der Waals surface area contributed by atoms with Crippen molar-refractivity contribution in [2.24, 2.45) is 11.3 Å². The van der Waals surface area contributed by atoms with Crippen LogP contribution in [0, 0.1) is 11.3 Å². The van der Waals surface area contributed by atoms with E-state index in [4.69, 9.17) is 14.9 Å². The van der Waals surface area contributed by atoms with Crippen LogP contribution in [0.3, 0.4) is 0 Å². The standard InChI is InChI=1S/C10H22O3/c1-9(2)6-13-5-4-10(3,7-11)8-12/h9,11-12H,4-8H2,1-3H3. The molecule has 0 aliphatic rings. The molecule has 0 amide bonds. The highest BCUT2D eigenvalue weighted by Crippen LogP contribution is 2.19. The zero-order chi connectivity index (χ0) is 10.3. The van der Waals surface area contributed by atoms with Gasteiger partial charge in [0.1, 0.15) is 0 Å². The van der Waals surface area contributed by atoms with E-state index >= 15 is 0 Å². The van der Waals surface area contributed by atoms with E-state index in [1.54, 1.807) is 0 Å². The first kappa shape index (κ1) is 12.9. The molecule has 0 unspecified atom stereocenters. The van der Waals surface area contributed by atoms with E-state index in [0.29, 0.717) is 18.9 Å². The van der Waals surface area contributed by atoms with E-state index in [9.17, 15) is 0 Å². The lowest BCUT2D eigenvalue weighted by Crippen LogP contribution is -2.27. The number of aliphatic hydroxyl groups excluding tert-OH is 2. The molecule has 0 radical (unpaired) electrons. The van der Waals surface area contributed by atoms with Crippen molar-refractivity contribution in [1.29, 1.82) is 0 Å². The molecule has 13 heavy (non-hydrogen) atoms. The van der Waals surface area contributed by atoms with Gasteiger partial charge in [-0.25, -0.2) is 0 Å². The second-order valence-corrected chi connectivity index (χ2v) is 4.35. The Kier molecular flexibility index (Phi) is 6.29. The molecular weight excluding hydrogens is 168 g/mol. The molecule has 2 N–H and O–H groups in total. The van der Waals surface area contributed by atoms with Crippen molar-refractivity contribution in [3.63, 3.8) is 0 Å². The Hall–Kier alpha value is -0.120. The third-order valence-electron chi connectivity index (χ3n) is 2.06. The molecule has 3 nitrogen and oxygen atoms in total. The van der Waals surface area contributed by atoms with Crippen LogP contribution in [0.5, 0.6) is 0 Å². The summed E-state index contributed by atoms with van der Waals surface area (Å²) in [6.07, 6.45) is 0.701. The molecule has 0 fully saturated rings. The molecule has 0 aromatic carbocycles. The summed E-state index contributed by atoms with van der Waals surface area (Å²) in [5.41, 5.74) is -0.392. The summed E-state index contributed by atoms with van der Waals surface area (Å²) in [4.78, 5) is 0. The summed E-state index contributed by atoms with van der Waals surface area (Å²) in [6.45, 7) is 7.41. The fourth-order valence-corrected chi connectivity index (χ4v) is 0.846. The number of hydrogen-bond acceptors (Lipinski definition) is 3. The highest BCUT2D eigenvalue weighted by Gasteiger charge is 2.21. The van der Waals surface area contributed by atoms with Gasteiger partial charge >= 0.3 is 0 Å². The van der Waals surface area contributed by atoms with Gasteiger partial charge in [0.05, 0.1) is 13.2 Å². The number of hydrogen-bond donors (Lipinski definition) is 2. The summed E-state index contributed by atoms with van der Waals surface area (Å²) < 4.78 is 5.37. The summed E-state index contributed by atoms with van der Waals surface area (Å²) in [7, 11) is 0. The SMILES string of the molecule is CC(C)COCCC(C)(CO)CO. The topological polar surface area (TPSA) is 49.7 Å². The fourth-order valence-electron chi connectivity index (χ4n) is 0.846. The lowest BCUT2D eigenvalue weighted by molar-refractivity contribution is 0.0226. The number of rotatable bonds is 7. The summed E-state index contributed by atoms with van der Waals surface area (Å²) in [5, 5.41) is 18.0. The van der Waals surface area contributed by atoms with Gasteiger partial charge in [-0.3, -0.25) is 0 Å². The van der Waals surface area contributed by atoms with Crippen LogP contribution in [0.4, 0.5) is 0 Å². The van der Waals surface area contributed by atoms with Gasteiger partial charge in [0.2, 0.25) is 0 Å². The van der Waals surface area contributed by atoms with Crippen LogP contribution in [0.15, 0.2) is 0 Å². The fraction of sp³-hybridized carbons (Fsp3) is 1.00. The lowest BCUT2D eigenvalue weighted by Gasteiger charge is -2.24. The smallest absolute Gasteiger partial charge is 0.0507 e. The van der Waals surface area contributed by atoms with E-state index in [0.717, 1.165) is 6.61 Å². The Morgan fingerprint density at radius 1 is 1.23 bits per heavy atom. The molecule has 0 saturated heterocycles. The van der Waals surface area contributed by atoms with Gasteiger partial charge in [0.15, 0.2) is 0 Å². The third-order valence-corrected chi connectivity index (χ3v) is 2.06. The van der Waals surface area contributed by atoms with Gasteiger partial charge in [-0.15, -0.1) is 0 Å². The van der Waals surface area contributed by atoms with Crippen LogP contribution in [0.25, 0.3) is 0 Å². The minimum Gasteiger partial charge on any atom is -0.396 e. The van der Waals surface area contributed by atoms with Crippen molar-refractivity contribution in [3.8, 4) is 0 Å². The molecule has 0 aliphatic carbocycles. The minimum atomic E-state index is -0.392. The molecule has 3 heteroatoms. The Morgan fingerprint density at radius 3 is 2.15 bits per heavy atom. The third kappa shape index (κ3) is 6.02. The van der Waals surface area contributed by atoms with Gasteiger partial charge in [0.25, 0.3) is 0 Å². The molecule has 0 aromatic heterocycles. The largest absolute Gasteiger partial charge is 0.396 e. The second-order valence-electron chi connectivity index (χ2n) is 4.35.